The van der Waals surface area contributed by atoms with E-state index in [2.05, 4.69) is 5.32 Å². The van der Waals surface area contributed by atoms with E-state index in [9.17, 15) is 28.6 Å². The third-order valence-corrected chi connectivity index (χ3v) is 6.49. The minimum absolute atomic E-state index is 0.0347. The van der Waals surface area contributed by atoms with Crippen LogP contribution in [-0.4, -0.2) is 29.6 Å². The van der Waals surface area contributed by atoms with E-state index < -0.39 is 31.2 Å². The lowest BCUT2D eigenvalue weighted by molar-refractivity contribution is -0.392. The molecule has 3 N–H and O–H groups in total. The second-order valence-electron chi connectivity index (χ2n) is 6.81. The summed E-state index contributed by atoms with van der Waals surface area (Å²) in [5.74, 6) is 0. The van der Waals surface area contributed by atoms with Gasteiger partial charge < -0.3 is 11.1 Å². The molecule has 32 heavy (non-hydrogen) atoms. The Bertz CT molecular complexity index is 1250. The predicted molar refractivity (Wildman–Crippen MR) is 119 cm³/mol. The van der Waals surface area contributed by atoms with Crippen molar-refractivity contribution in [3.63, 3.8) is 0 Å². The van der Waals surface area contributed by atoms with Crippen LogP contribution in [0.3, 0.4) is 0 Å². The van der Waals surface area contributed by atoms with Crippen molar-refractivity contribution < 1.29 is 18.3 Å². The monoisotopic (exact) mass is 457 g/mol. The van der Waals surface area contributed by atoms with Crippen LogP contribution in [0, 0.1) is 20.2 Å². The second-order valence-corrected chi connectivity index (χ2v) is 8.82. The summed E-state index contributed by atoms with van der Waals surface area (Å²) in [6.07, 6.45) is 0. The number of nitro groups is 2. The maximum atomic E-state index is 13.1. The topological polar surface area (TPSA) is 162 Å². The van der Waals surface area contributed by atoms with Gasteiger partial charge in [-0.2, -0.15) is 4.31 Å². The van der Waals surface area contributed by atoms with Gasteiger partial charge in [-0.05, 0) is 29.8 Å². The lowest BCUT2D eigenvalue weighted by Crippen LogP contribution is -2.27. The van der Waals surface area contributed by atoms with Gasteiger partial charge in [0.05, 0.1) is 15.5 Å². The molecule has 3 rings (SSSR count). The molecular formula is C20H19N5O6S. The minimum atomic E-state index is -4.03. The van der Waals surface area contributed by atoms with Crippen LogP contribution < -0.4 is 11.1 Å². The van der Waals surface area contributed by atoms with Crippen molar-refractivity contribution >= 4 is 38.5 Å². The molecule has 3 aromatic rings. The Kier molecular flexibility index (Phi) is 6.37. The average Bonchev–Trinajstić information content (AvgIpc) is 2.75. The maximum Gasteiger partial charge on any atom is 0.299 e. The molecule has 0 aromatic heterocycles. The smallest absolute Gasteiger partial charge is 0.299 e. The number of rotatable bonds is 8. The van der Waals surface area contributed by atoms with Crippen molar-refractivity contribution in [1.29, 1.82) is 0 Å². The first-order valence-corrected chi connectivity index (χ1v) is 10.6. The van der Waals surface area contributed by atoms with E-state index in [1.54, 1.807) is 24.3 Å². The van der Waals surface area contributed by atoms with E-state index in [4.69, 9.17) is 5.73 Å². The van der Waals surface area contributed by atoms with E-state index in [0.717, 1.165) is 22.0 Å². The summed E-state index contributed by atoms with van der Waals surface area (Å²) in [5, 5.41) is 25.3. The quantitative estimate of drug-likeness (QED) is 0.294. The van der Waals surface area contributed by atoms with Gasteiger partial charge in [0.25, 0.3) is 11.4 Å². The number of nitrogens with two attached hydrogens (primary N) is 1. The number of benzene rings is 3. The van der Waals surface area contributed by atoms with E-state index in [0.29, 0.717) is 0 Å². The van der Waals surface area contributed by atoms with Gasteiger partial charge in [0.2, 0.25) is 10.0 Å². The third kappa shape index (κ3) is 4.66. The van der Waals surface area contributed by atoms with Gasteiger partial charge in [0.1, 0.15) is 4.90 Å². The molecule has 0 aliphatic rings. The van der Waals surface area contributed by atoms with Crippen LogP contribution in [-0.2, 0) is 16.6 Å². The van der Waals surface area contributed by atoms with Crippen molar-refractivity contribution in [1.82, 2.24) is 4.31 Å². The number of nitro benzene ring substituents is 2. The molecular weight excluding hydrogens is 438 g/mol. The van der Waals surface area contributed by atoms with Gasteiger partial charge in [-0.15, -0.1) is 0 Å². The number of hydrogen-bond donors (Lipinski definition) is 2. The maximum absolute atomic E-state index is 13.1. The van der Waals surface area contributed by atoms with Crippen LogP contribution in [0.5, 0.6) is 0 Å². The summed E-state index contributed by atoms with van der Waals surface area (Å²) in [6, 6.07) is 16.2. The summed E-state index contributed by atoms with van der Waals surface area (Å²) in [5.41, 5.74) is 5.30. The molecule has 0 bridgehead atoms. The minimum Gasteiger partial charge on any atom is -0.398 e. The number of sulfonamides is 1. The van der Waals surface area contributed by atoms with Crippen LogP contribution in [0.25, 0.3) is 0 Å². The Hall–Kier alpha value is -4.03. The number of hydrogen-bond acceptors (Lipinski definition) is 8. The van der Waals surface area contributed by atoms with E-state index >= 15 is 0 Å². The van der Waals surface area contributed by atoms with Gasteiger partial charge in [0.15, 0.2) is 5.69 Å². The van der Waals surface area contributed by atoms with E-state index in [1.807, 2.05) is 6.07 Å². The number of nitrogens with zero attached hydrogens (tertiary/aromatic N) is 3. The highest BCUT2D eigenvalue weighted by Crippen LogP contribution is 2.37. The van der Waals surface area contributed by atoms with Crippen LogP contribution in [0.2, 0.25) is 0 Å². The van der Waals surface area contributed by atoms with Crippen LogP contribution in [0.4, 0.5) is 28.4 Å². The Balaban J connectivity index is 2.00. The van der Waals surface area contributed by atoms with E-state index in [1.165, 1.54) is 31.3 Å². The largest absolute Gasteiger partial charge is 0.398 e. The summed E-state index contributed by atoms with van der Waals surface area (Å²) in [6.45, 7) is 0.0932. The molecule has 0 radical (unpaired) electrons. The molecule has 0 amide bonds. The first-order chi connectivity index (χ1) is 15.1. The Morgan fingerprint density at radius 3 is 2.09 bits per heavy atom. The fourth-order valence-electron chi connectivity index (χ4n) is 3.03. The summed E-state index contributed by atoms with van der Waals surface area (Å²) < 4.78 is 27.3. The van der Waals surface area contributed by atoms with Gasteiger partial charge in [-0.1, -0.05) is 30.3 Å². The molecule has 0 aliphatic carbocycles. The van der Waals surface area contributed by atoms with Crippen molar-refractivity contribution in [2.75, 3.05) is 18.1 Å². The van der Waals surface area contributed by atoms with E-state index in [-0.39, 0.29) is 28.5 Å². The lowest BCUT2D eigenvalue weighted by atomic mass is 10.2. The summed E-state index contributed by atoms with van der Waals surface area (Å²) in [7, 11) is -2.64. The number of nitrogen functional groups attached to an aromatic ring is 1. The first kappa shape index (κ1) is 22.7. The highest BCUT2D eigenvalue weighted by atomic mass is 32.2. The number of anilines is 3. The van der Waals surface area contributed by atoms with Crippen LogP contribution in [0.1, 0.15) is 5.56 Å². The van der Waals surface area contributed by atoms with Crippen LogP contribution >= 0.6 is 0 Å². The van der Waals surface area contributed by atoms with Crippen molar-refractivity contribution in [2.24, 2.45) is 0 Å². The average molecular weight is 457 g/mol. The van der Waals surface area contributed by atoms with Gasteiger partial charge >= 0.3 is 0 Å². The number of nitrogens with one attached hydrogen (secondary N) is 1. The highest BCUT2D eigenvalue weighted by Gasteiger charge is 2.27. The fourth-order valence-corrected chi connectivity index (χ4v) is 4.33. The molecule has 12 heteroatoms. The Morgan fingerprint density at radius 2 is 1.53 bits per heavy atom. The molecule has 0 unspecified atom stereocenters. The van der Waals surface area contributed by atoms with Crippen molar-refractivity contribution in [2.45, 2.75) is 11.4 Å². The third-order valence-electron chi connectivity index (χ3n) is 4.63. The molecule has 11 nitrogen and oxygen atoms in total. The van der Waals surface area contributed by atoms with Crippen molar-refractivity contribution in [3.05, 3.63) is 92.5 Å². The number of para-hydroxylation sites is 1. The molecule has 0 atom stereocenters. The molecule has 3 aromatic carbocycles. The van der Waals surface area contributed by atoms with Crippen LogP contribution in [0.15, 0.2) is 71.6 Å². The standard InChI is InChI=1S/C20H19N5O6S/c1-23(13-14-6-3-2-4-7-14)32(30,31)19-12-15(10-11-16(19)21)22-20-17(24(26)27)8-5-9-18(20)25(28)29/h2-12,22H,13,21H2,1H3. The second kappa shape index (κ2) is 8.99. The Labute approximate surface area is 183 Å². The Morgan fingerprint density at radius 1 is 0.938 bits per heavy atom. The molecule has 0 aliphatic heterocycles. The molecule has 0 saturated heterocycles. The zero-order valence-corrected chi connectivity index (χ0v) is 17.7. The highest BCUT2D eigenvalue weighted by molar-refractivity contribution is 7.89. The molecule has 0 heterocycles. The molecule has 0 fully saturated rings. The van der Waals surface area contributed by atoms with Gasteiger partial charge in [-0.25, -0.2) is 8.42 Å². The molecule has 0 spiro atoms. The normalized spacial score (nSPS) is 11.3. The summed E-state index contributed by atoms with van der Waals surface area (Å²) >= 11 is 0. The predicted octanol–water partition coefficient (Wildman–Crippen LogP) is 3.65. The molecule has 166 valence electrons. The zero-order valence-electron chi connectivity index (χ0n) is 16.8. The lowest BCUT2D eigenvalue weighted by Gasteiger charge is -2.19. The first-order valence-electron chi connectivity index (χ1n) is 9.20. The summed E-state index contributed by atoms with van der Waals surface area (Å²) in [4.78, 5) is 20.9. The molecule has 0 saturated carbocycles. The van der Waals surface area contributed by atoms with Gasteiger partial charge in [-0.3, -0.25) is 20.2 Å². The SMILES string of the molecule is CN(Cc1ccccc1)S(=O)(=O)c1cc(Nc2c([N+](=O)[O-])cccc2[N+](=O)[O-])ccc1N. The van der Waals surface area contributed by atoms with Gasteiger partial charge in [0, 0.05) is 31.4 Å². The zero-order chi connectivity index (χ0) is 23.5. The fraction of sp³-hybridized carbons (Fsp3) is 0.100. The van der Waals surface area contributed by atoms with Crippen molar-refractivity contribution in [3.8, 4) is 0 Å².